The number of nitrogens with zero attached hydrogens (tertiary/aromatic N) is 2. The van der Waals surface area contributed by atoms with Crippen LogP contribution in [0.3, 0.4) is 0 Å². The molecule has 2 heterocycles. The predicted octanol–water partition coefficient (Wildman–Crippen LogP) is 3.61. The monoisotopic (exact) mass is 271 g/mol. The third-order valence-corrected chi connectivity index (χ3v) is 3.96. The quantitative estimate of drug-likeness (QED) is 0.790. The molecule has 0 saturated heterocycles. The van der Waals surface area contributed by atoms with Crippen molar-refractivity contribution in [3.05, 3.63) is 41.3 Å². The Morgan fingerprint density at radius 2 is 2.05 bits per heavy atom. The molecule has 19 heavy (non-hydrogen) atoms. The molecule has 3 rings (SSSR count). The van der Waals surface area contributed by atoms with Crippen LogP contribution in [0.2, 0.25) is 0 Å². The van der Waals surface area contributed by atoms with Crippen molar-refractivity contribution >= 4 is 16.3 Å². The SMILES string of the molecule is CCc1cc(-c2nc(-c3ccccc3)no2)c(N)s1. The number of rotatable bonds is 3. The molecule has 1 aromatic carbocycles. The summed E-state index contributed by atoms with van der Waals surface area (Å²) in [5.74, 6) is 1.06. The van der Waals surface area contributed by atoms with E-state index in [0.29, 0.717) is 11.7 Å². The lowest BCUT2D eigenvalue weighted by molar-refractivity contribution is 0.432. The number of anilines is 1. The van der Waals surface area contributed by atoms with E-state index in [4.69, 9.17) is 10.3 Å². The van der Waals surface area contributed by atoms with Gasteiger partial charge in [0.2, 0.25) is 5.82 Å². The smallest absolute Gasteiger partial charge is 0.261 e. The molecule has 0 saturated carbocycles. The summed E-state index contributed by atoms with van der Waals surface area (Å²) < 4.78 is 5.31. The van der Waals surface area contributed by atoms with Gasteiger partial charge < -0.3 is 10.3 Å². The Labute approximate surface area is 114 Å². The Hall–Kier alpha value is -2.14. The molecule has 0 bridgehead atoms. The number of thiophene rings is 1. The zero-order valence-electron chi connectivity index (χ0n) is 10.5. The van der Waals surface area contributed by atoms with Gasteiger partial charge in [0.1, 0.15) is 0 Å². The number of hydrogen-bond acceptors (Lipinski definition) is 5. The minimum atomic E-state index is 0.479. The van der Waals surface area contributed by atoms with Gasteiger partial charge in [0.25, 0.3) is 5.89 Å². The summed E-state index contributed by atoms with van der Waals surface area (Å²) in [4.78, 5) is 5.62. The van der Waals surface area contributed by atoms with E-state index in [1.165, 1.54) is 4.88 Å². The summed E-state index contributed by atoms with van der Waals surface area (Å²) in [6.07, 6.45) is 0.953. The highest BCUT2D eigenvalue weighted by Crippen LogP contribution is 2.34. The number of aromatic nitrogens is 2. The van der Waals surface area contributed by atoms with Crippen molar-refractivity contribution in [2.24, 2.45) is 0 Å². The Kier molecular flexibility index (Phi) is 3.05. The highest BCUT2D eigenvalue weighted by atomic mass is 32.1. The fourth-order valence-corrected chi connectivity index (χ4v) is 2.70. The molecule has 0 radical (unpaired) electrons. The van der Waals surface area contributed by atoms with E-state index in [1.807, 2.05) is 36.4 Å². The van der Waals surface area contributed by atoms with Crippen molar-refractivity contribution in [2.45, 2.75) is 13.3 Å². The Balaban J connectivity index is 1.99. The van der Waals surface area contributed by atoms with E-state index in [0.717, 1.165) is 22.5 Å². The molecule has 5 heteroatoms. The first-order chi connectivity index (χ1) is 9.28. The molecule has 0 unspecified atom stereocenters. The molecule has 2 N–H and O–H groups in total. The molecule has 96 valence electrons. The molecule has 2 aromatic heterocycles. The molecule has 0 fully saturated rings. The minimum absolute atomic E-state index is 0.479. The van der Waals surface area contributed by atoms with Crippen molar-refractivity contribution < 1.29 is 4.52 Å². The van der Waals surface area contributed by atoms with Crippen LogP contribution < -0.4 is 5.73 Å². The van der Waals surface area contributed by atoms with E-state index >= 15 is 0 Å². The molecule has 4 nitrogen and oxygen atoms in total. The average molecular weight is 271 g/mol. The first-order valence-corrected chi connectivity index (χ1v) is 6.87. The van der Waals surface area contributed by atoms with Crippen LogP contribution in [0, 0.1) is 0 Å². The van der Waals surface area contributed by atoms with Gasteiger partial charge in [-0.3, -0.25) is 0 Å². The van der Waals surface area contributed by atoms with Gasteiger partial charge in [-0.1, -0.05) is 42.4 Å². The summed E-state index contributed by atoms with van der Waals surface area (Å²) in [6.45, 7) is 2.10. The van der Waals surface area contributed by atoms with Gasteiger partial charge in [-0.15, -0.1) is 11.3 Å². The van der Waals surface area contributed by atoms with E-state index < -0.39 is 0 Å². The maximum Gasteiger partial charge on any atom is 0.261 e. The van der Waals surface area contributed by atoms with E-state index in [2.05, 4.69) is 17.1 Å². The van der Waals surface area contributed by atoms with Crippen LogP contribution in [-0.2, 0) is 6.42 Å². The zero-order chi connectivity index (χ0) is 13.2. The van der Waals surface area contributed by atoms with Crippen LogP contribution in [0.25, 0.3) is 22.8 Å². The van der Waals surface area contributed by atoms with E-state index in [-0.39, 0.29) is 0 Å². The predicted molar refractivity (Wildman–Crippen MR) is 76.8 cm³/mol. The van der Waals surface area contributed by atoms with Crippen LogP contribution in [-0.4, -0.2) is 10.1 Å². The number of hydrogen-bond donors (Lipinski definition) is 1. The molecule has 0 aliphatic rings. The Morgan fingerprint density at radius 1 is 1.26 bits per heavy atom. The Morgan fingerprint density at radius 3 is 2.74 bits per heavy atom. The number of aryl methyl sites for hydroxylation is 1. The van der Waals surface area contributed by atoms with Crippen molar-refractivity contribution in [3.8, 4) is 22.8 Å². The number of nitrogens with two attached hydrogens (primary N) is 1. The van der Waals surface area contributed by atoms with Gasteiger partial charge in [-0.25, -0.2) is 0 Å². The second-order valence-corrected chi connectivity index (χ2v) is 5.30. The lowest BCUT2D eigenvalue weighted by atomic mass is 10.2. The fourth-order valence-electron chi connectivity index (χ4n) is 1.84. The molecule has 0 amide bonds. The van der Waals surface area contributed by atoms with E-state index in [1.54, 1.807) is 11.3 Å². The maximum atomic E-state index is 5.99. The highest BCUT2D eigenvalue weighted by Gasteiger charge is 2.15. The summed E-state index contributed by atoms with van der Waals surface area (Å²) in [7, 11) is 0. The molecule has 0 aliphatic carbocycles. The van der Waals surface area contributed by atoms with Crippen LogP contribution in [0.5, 0.6) is 0 Å². The van der Waals surface area contributed by atoms with Crippen molar-refractivity contribution in [2.75, 3.05) is 5.73 Å². The summed E-state index contributed by atoms with van der Waals surface area (Å²) in [5.41, 5.74) is 7.75. The van der Waals surface area contributed by atoms with Crippen LogP contribution in [0.4, 0.5) is 5.00 Å². The third kappa shape index (κ3) is 2.24. The molecule has 3 aromatic rings. The van der Waals surface area contributed by atoms with Crippen LogP contribution in [0.15, 0.2) is 40.9 Å². The topological polar surface area (TPSA) is 64.9 Å². The lowest BCUT2D eigenvalue weighted by Gasteiger charge is -1.91. The first-order valence-electron chi connectivity index (χ1n) is 6.05. The van der Waals surface area contributed by atoms with Gasteiger partial charge in [0, 0.05) is 10.4 Å². The maximum absolute atomic E-state index is 5.99. The average Bonchev–Trinajstić information content (AvgIpc) is 3.06. The summed E-state index contributed by atoms with van der Waals surface area (Å²) in [5, 5.41) is 4.72. The second-order valence-electron chi connectivity index (χ2n) is 4.13. The first kappa shape index (κ1) is 11.9. The zero-order valence-corrected chi connectivity index (χ0v) is 11.3. The highest BCUT2D eigenvalue weighted by molar-refractivity contribution is 7.16. The minimum Gasteiger partial charge on any atom is -0.390 e. The van der Waals surface area contributed by atoms with Crippen molar-refractivity contribution in [3.63, 3.8) is 0 Å². The van der Waals surface area contributed by atoms with Gasteiger partial charge in [0.05, 0.1) is 10.6 Å². The largest absolute Gasteiger partial charge is 0.390 e. The third-order valence-electron chi connectivity index (χ3n) is 2.85. The van der Waals surface area contributed by atoms with E-state index in [9.17, 15) is 0 Å². The van der Waals surface area contributed by atoms with Crippen LogP contribution in [0.1, 0.15) is 11.8 Å². The van der Waals surface area contributed by atoms with Crippen LogP contribution >= 0.6 is 11.3 Å². The van der Waals surface area contributed by atoms with Gasteiger partial charge in [-0.2, -0.15) is 4.98 Å². The number of benzene rings is 1. The molecular formula is C14H13N3OS. The van der Waals surface area contributed by atoms with Crippen molar-refractivity contribution in [1.82, 2.24) is 10.1 Å². The number of nitrogen functional groups attached to an aromatic ring is 1. The van der Waals surface area contributed by atoms with Gasteiger partial charge >= 0.3 is 0 Å². The second kappa shape index (κ2) is 4.85. The molecular weight excluding hydrogens is 258 g/mol. The molecule has 0 spiro atoms. The molecule has 0 aliphatic heterocycles. The lowest BCUT2D eigenvalue weighted by Crippen LogP contribution is -1.84. The Bertz CT molecular complexity index is 688. The summed E-state index contributed by atoms with van der Waals surface area (Å²) >= 11 is 1.56. The fraction of sp³-hybridized carbons (Fsp3) is 0.143. The normalized spacial score (nSPS) is 10.8. The molecule has 0 atom stereocenters. The van der Waals surface area contributed by atoms with Gasteiger partial charge in [-0.05, 0) is 12.5 Å². The standard InChI is InChI=1S/C14H13N3OS/c1-2-10-8-11(12(15)19-10)14-16-13(17-18-14)9-6-4-3-5-7-9/h3-8H,2,15H2,1H3. The summed E-state index contributed by atoms with van der Waals surface area (Å²) in [6, 6.07) is 11.8. The van der Waals surface area contributed by atoms with Crippen molar-refractivity contribution in [1.29, 1.82) is 0 Å². The van der Waals surface area contributed by atoms with Gasteiger partial charge in [0.15, 0.2) is 0 Å².